The largest absolute Gasteiger partial charge is 0.452 e. The van der Waals surface area contributed by atoms with Gasteiger partial charge in [0.05, 0.1) is 13.3 Å². The monoisotopic (exact) mass is 294 g/mol. The van der Waals surface area contributed by atoms with Crippen LogP contribution >= 0.6 is 22.6 Å². The first kappa shape index (κ1) is 10.0. The highest BCUT2D eigenvalue weighted by Crippen LogP contribution is 2.07. The maximum atomic E-state index is 10.5. The van der Waals surface area contributed by atoms with Crippen LogP contribution in [0.15, 0.2) is 21.7 Å². The Labute approximate surface area is 88.3 Å². The van der Waals surface area contributed by atoms with Crippen molar-refractivity contribution in [2.24, 2.45) is 5.10 Å². The molecule has 70 valence electrons. The van der Waals surface area contributed by atoms with Crippen molar-refractivity contribution in [3.8, 4) is 0 Å². The highest BCUT2D eigenvalue weighted by Gasteiger charge is 1.96. The van der Waals surface area contributed by atoms with Gasteiger partial charge < -0.3 is 9.15 Å². The SMILES string of the molecule is COC(=O)NN=Cc1ccc(I)o1. The van der Waals surface area contributed by atoms with E-state index in [9.17, 15) is 4.79 Å². The molecule has 0 saturated carbocycles. The lowest BCUT2D eigenvalue weighted by Crippen LogP contribution is -2.16. The molecular weight excluding hydrogens is 287 g/mol. The van der Waals surface area contributed by atoms with Crippen LogP contribution in [-0.2, 0) is 4.74 Å². The van der Waals surface area contributed by atoms with Crippen LogP contribution < -0.4 is 5.43 Å². The average molecular weight is 294 g/mol. The van der Waals surface area contributed by atoms with E-state index in [-0.39, 0.29) is 0 Å². The van der Waals surface area contributed by atoms with Crippen LogP contribution in [0.3, 0.4) is 0 Å². The highest BCUT2D eigenvalue weighted by atomic mass is 127. The first-order valence-electron chi connectivity index (χ1n) is 3.34. The van der Waals surface area contributed by atoms with Crippen molar-refractivity contribution in [2.45, 2.75) is 0 Å². The molecule has 1 aromatic rings. The minimum Gasteiger partial charge on any atom is -0.452 e. The number of nitrogens with one attached hydrogen (secondary N) is 1. The number of hydrogen-bond acceptors (Lipinski definition) is 4. The van der Waals surface area contributed by atoms with E-state index in [0.717, 1.165) is 3.77 Å². The number of carbonyl (C=O) groups excluding carboxylic acids is 1. The number of ether oxygens (including phenoxy) is 1. The highest BCUT2D eigenvalue weighted by molar-refractivity contribution is 14.1. The summed E-state index contributed by atoms with van der Waals surface area (Å²) in [6.45, 7) is 0. The zero-order chi connectivity index (χ0) is 9.68. The van der Waals surface area contributed by atoms with Gasteiger partial charge in [-0.3, -0.25) is 0 Å². The van der Waals surface area contributed by atoms with Gasteiger partial charge in [0.25, 0.3) is 0 Å². The van der Waals surface area contributed by atoms with Gasteiger partial charge in [0.1, 0.15) is 5.76 Å². The van der Waals surface area contributed by atoms with Crippen LogP contribution in [0.2, 0.25) is 0 Å². The van der Waals surface area contributed by atoms with Gasteiger partial charge in [-0.15, -0.1) is 0 Å². The van der Waals surface area contributed by atoms with Crippen LogP contribution in [0.1, 0.15) is 5.76 Å². The molecular formula is C7H7IN2O3. The van der Waals surface area contributed by atoms with Crippen molar-refractivity contribution in [3.63, 3.8) is 0 Å². The number of carbonyl (C=O) groups is 1. The minimum absolute atomic E-state index is 0.570. The van der Waals surface area contributed by atoms with Gasteiger partial charge in [-0.05, 0) is 34.7 Å². The number of methoxy groups -OCH3 is 1. The van der Waals surface area contributed by atoms with Crippen LogP contribution in [-0.4, -0.2) is 19.4 Å². The molecule has 1 N–H and O–H groups in total. The normalized spacial score (nSPS) is 10.3. The number of halogens is 1. The third kappa shape index (κ3) is 3.45. The lowest BCUT2D eigenvalue weighted by atomic mass is 10.5. The number of furan rings is 1. The van der Waals surface area contributed by atoms with Crippen molar-refractivity contribution in [3.05, 3.63) is 21.7 Å². The molecule has 0 unspecified atom stereocenters. The Bertz CT molecular complexity index is 321. The number of hydrogen-bond donors (Lipinski definition) is 1. The van der Waals surface area contributed by atoms with Gasteiger partial charge >= 0.3 is 6.09 Å². The Morgan fingerprint density at radius 2 is 2.54 bits per heavy atom. The summed E-state index contributed by atoms with van der Waals surface area (Å²) in [4.78, 5) is 10.5. The Morgan fingerprint density at radius 1 is 1.77 bits per heavy atom. The molecule has 0 aromatic carbocycles. The van der Waals surface area contributed by atoms with E-state index in [2.05, 4.69) is 15.3 Å². The van der Waals surface area contributed by atoms with Gasteiger partial charge in [0.15, 0.2) is 3.77 Å². The third-order valence-electron chi connectivity index (χ3n) is 1.13. The fourth-order valence-corrected chi connectivity index (χ4v) is 1.03. The standard InChI is InChI=1S/C7H7IN2O3/c1-12-7(11)10-9-4-5-2-3-6(8)13-5/h2-4H,1H3,(H,10,11). The van der Waals surface area contributed by atoms with Gasteiger partial charge in [0.2, 0.25) is 0 Å². The summed E-state index contributed by atoms with van der Waals surface area (Å²) in [5.41, 5.74) is 2.14. The number of amides is 1. The molecule has 5 nitrogen and oxygen atoms in total. The number of rotatable bonds is 2. The van der Waals surface area contributed by atoms with Crippen LogP contribution in [0.25, 0.3) is 0 Å². The molecule has 1 aromatic heterocycles. The number of hydrazone groups is 1. The van der Waals surface area contributed by atoms with E-state index in [4.69, 9.17) is 4.42 Å². The maximum Gasteiger partial charge on any atom is 0.427 e. The van der Waals surface area contributed by atoms with Crippen LogP contribution in [0, 0.1) is 3.77 Å². The maximum absolute atomic E-state index is 10.5. The molecule has 0 saturated heterocycles. The molecule has 0 atom stereocenters. The van der Waals surface area contributed by atoms with Crippen molar-refractivity contribution in [1.29, 1.82) is 0 Å². The van der Waals surface area contributed by atoms with Crippen molar-refractivity contribution in [1.82, 2.24) is 5.43 Å². The second-order valence-corrected chi connectivity index (χ2v) is 3.07. The van der Waals surface area contributed by atoms with Crippen LogP contribution in [0.5, 0.6) is 0 Å². The molecule has 1 rings (SSSR count). The zero-order valence-corrected chi connectivity index (χ0v) is 8.94. The summed E-state index contributed by atoms with van der Waals surface area (Å²) in [7, 11) is 1.26. The van der Waals surface area contributed by atoms with Gasteiger partial charge in [-0.2, -0.15) is 5.10 Å². The van der Waals surface area contributed by atoms with E-state index in [1.54, 1.807) is 12.1 Å². The fourth-order valence-electron chi connectivity index (χ4n) is 0.592. The first-order valence-corrected chi connectivity index (χ1v) is 4.42. The predicted octanol–water partition coefficient (Wildman–Crippen LogP) is 1.57. The third-order valence-corrected chi connectivity index (χ3v) is 1.71. The molecule has 1 amide bonds. The summed E-state index contributed by atoms with van der Waals surface area (Å²) in [5, 5.41) is 3.58. The molecule has 0 aliphatic carbocycles. The quantitative estimate of drug-likeness (QED) is 0.511. The molecule has 13 heavy (non-hydrogen) atoms. The van der Waals surface area contributed by atoms with E-state index < -0.39 is 6.09 Å². The molecule has 6 heteroatoms. The average Bonchev–Trinajstić information content (AvgIpc) is 2.51. The lowest BCUT2D eigenvalue weighted by molar-refractivity contribution is 0.171. The Kier molecular flexibility index (Phi) is 3.74. The summed E-state index contributed by atoms with van der Waals surface area (Å²) in [6.07, 6.45) is 0.775. The summed E-state index contributed by atoms with van der Waals surface area (Å²) in [6, 6.07) is 3.53. The van der Waals surface area contributed by atoms with Crippen molar-refractivity contribution >= 4 is 34.9 Å². The second kappa shape index (κ2) is 4.85. The van der Waals surface area contributed by atoms with Crippen molar-refractivity contribution < 1.29 is 13.9 Å². The van der Waals surface area contributed by atoms with Gasteiger partial charge in [0, 0.05) is 0 Å². The topological polar surface area (TPSA) is 63.8 Å². The number of nitrogens with zero attached hydrogens (tertiary/aromatic N) is 1. The van der Waals surface area contributed by atoms with E-state index >= 15 is 0 Å². The van der Waals surface area contributed by atoms with Gasteiger partial charge in [-0.1, -0.05) is 0 Å². The molecule has 0 fully saturated rings. The zero-order valence-electron chi connectivity index (χ0n) is 6.78. The Balaban J connectivity index is 2.45. The first-order chi connectivity index (χ1) is 6.22. The van der Waals surface area contributed by atoms with Crippen LogP contribution in [0.4, 0.5) is 4.79 Å². The summed E-state index contributed by atoms with van der Waals surface area (Å²) >= 11 is 2.03. The van der Waals surface area contributed by atoms with E-state index in [0.29, 0.717) is 5.76 Å². The fraction of sp³-hybridized carbons (Fsp3) is 0.143. The van der Waals surface area contributed by atoms with E-state index in [1.165, 1.54) is 13.3 Å². The predicted molar refractivity (Wildman–Crippen MR) is 54.6 cm³/mol. The van der Waals surface area contributed by atoms with Crippen molar-refractivity contribution in [2.75, 3.05) is 7.11 Å². The molecule has 0 radical (unpaired) electrons. The van der Waals surface area contributed by atoms with E-state index in [1.807, 2.05) is 22.6 Å². The Hall–Kier alpha value is -1.05. The smallest absolute Gasteiger partial charge is 0.427 e. The van der Waals surface area contributed by atoms with Gasteiger partial charge in [-0.25, -0.2) is 10.2 Å². The summed E-state index contributed by atoms with van der Waals surface area (Å²) in [5.74, 6) is 0.570. The Morgan fingerprint density at radius 3 is 3.08 bits per heavy atom. The molecule has 1 heterocycles. The molecule has 0 spiro atoms. The molecule has 0 aliphatic rings. The summed E-state index contributed by atoms with van der Waals surface area (Å²) < 4.78 is 10.2. The lowest BCUT2D eigenvalue weighted by Gasteiger charge is -1.93. The molecule has 0 aliphatic heterocycles. The molecule has 0 bridgehead atoms. The second-order valence-electron chi connectivity index (χ2n) is 2.00. The minimum atomic E-state index is -0.613.